The van der Waals surface area contributed by atoms with E-state index in [-0.39, 0.29) is 35.7 Å². The first kappa shape index (κ1) is 39.8. The van der Waals surface area contributed by atoms with Gasteiger partial charge in [0.15, 0.2) is 5.65 Å². The first-order valence-corrected chi connectivity index (χ1v) is 19.4. The van der Waals surface area contributed by atoms with Crippen molar-refractivity contribution in [2.45, 2.75) is 90.4 Å². The summed E-state index contributed by atoms with van der Waals surface area (Å²) in [6, 6.07) is 9.63. The Morgan fingerprint density at radius 3 is 1.91 bits per heavy atom. The van der Waals surface area contributed by atoms with Crippen molar-refractivity contribution in [3.05, 3.63) is 65.5 Å². The monoisotopic (exact) mass is 765 g/mol. The van der Waals surface area contributed by atoms with Crippen LogP contribution in [0.2, 0.25) is 0 Å². The molecule has 2 aliphatic rings. The van der Waals surface area contributed by atoms with Crippen LogP contribution in [0, 0.1) is 23.7 Å². The lowest BCUT2D eigenvalue weighted by Gasteiger charge is -2.30. The van der Waals surface area contributed by atoms with E-state index in [1.54, 1.807) is 11.1 Å². The predicted octanol–water partition coefficient (Wildman–Crippen LogP) is 5.62. The Morgan fingerprint density at radius 2 is 1.36 bits per heavy atom. The van der Waals surface area contributed by atoms with E-state index in [1.165, 1.54) is 14.2 Å². The van der Waals surface area contributed by atoms with Crippen LogP contribution in [-0.2, 0) is 19.1 Å². The van der Waals surface area contributed by atoms with Crippen LogP contribution in [0.3, 0.4) is 0 Å². The van der Waals surface area contributed by atoms with E-state index >= 15 is 0 Å². The summed E-state index contributed by atoms with van der Waals surface area (Å²) in [5.74, 6) is 7.28. The number of nitrogens with zero attached hydrogens (tertiary/aromatic N) is 5. The maximum absolute atomic E-state index is 13.7. The van der Waals surface area contributed by atoms with Gasteiger partial charge >= 0.3 is 12.2 Å². The van der Waals surface area contributed by atoms with Crippen LogP contribution in [0.1, 0.15) is 101 Å². The Hall–Kier alpha value is -5.91. The average Bonchev–Trinajstić information content (AvgIpc) is 4.06. The number of nitrogens with one attached hydrogen (secondary N) is 4. The van der Waals surface area contributed by atoms with Gasteiger partial charge in [-0.3, -0.25) is 9.59 Å². The molecule has 15 heteroatoms. The molecule has 2 fully saturated rings. The van der Waals surface area contributed by atoms with Crippen molar-refractivity contribution < 1.29 is 28.7 Å². The first-order valence-electron chi connectivity index (χ1n) is 19.4. The smallest absolute Gasteiger partial charge is 0.407 e. The highest BCUT2D eigenvalue weighted by Crippen LogP contribution is 2.34. The number of fused-ring (bicyclic) bond motifs is 1. The lowest BCUT2D eigenvalue weighted by Crippen LogP contribution is -2.51. The van der Waals surface area contributed by atoms with Crippen molar-refractivity contribution in [3.63, 3.8) is 0 Å². The van der Waals surface area contributed by atoms with Crippen LogP contribution in [0.15, 0.2) is 42.6 Å². The standard InChI is InChI=1S/C41H51N9O6/c1-7-24(3)33(46-40(53)55-5)38(51)49-21-9-11-31(49)36-42-23-30(45-36)27-16-13-26(14-17-27)15-18-28-19-20-29-35(43-28)48-37(44-29)32-12-10-22-50(32)39(52)34(25(4)8-2)47-41(54)56-6/h13-14,16-17,19-20,23-25,31-34H,7-12,21-22H2,1-6H3,(H,42,45)(H,46,53)(H,47,54)(H,43,44,48)/t24-,25-,31-,32-,33-,34-/m0/s1. The predicted molar refractivity (Wildman–Crippen MR) is 209 cm³/mol. The van der Waals surface area contributed by atoms with Crippen molar-refractivity contribution in [3.8, 4) is 23.1 Å². The third-order valence-corrected chi connectivity index (χ3v) is 11.1. The van der Waals surface area contributed by atoms with Gasteiger partial charge in [0, 0.05) is 18.7 Å². The zero-order chi connectivity index (χ0) is 39.9. The van der Waals surface area contributed by atoms with Crippen molar-refractivity contribution in [2.75, 3.05) is 27.3 Å². The average molecular weight is 766 g/mol. The lowest BCUT2D eigenvalue weighted by atomic mass is 9.97. The molecule has 1 aromatic carbocycles. The minimum absolute atomic E-state index is 0.0621. The Morgan fingerprint density at radius 1 is 0.786 bits per heavy atom. The van der Waals surface area contributed by atoms with E-state index < -0.39 is 24.3 Å². The van der Waals surface area contributed by atoms with Gasteiger partial charge in [-0.15, -0.1) is 0 Å². The molecule has 0 aliphatic carbocycles. The zero-order valence-electron chi connectivity index (χ0n) is 32.8. The van der Waals surface area contributed by atoms with Crippen LogP contribution >= 0.6 is 0 Å². The number of aromatic amines is 2. The van der Waals surface area contributed by atoms with Gasteiger partial charge in [0.2, 0.25) is 11.8 Å². The van der Waals surface area contributed by atoms with E-state index in [1.807, 2.05) is 69.0 Å². The number of ether oxygens (including phenoxy) is 2. The molecule has 2 saturated heterocycles. The van der Waals surface area contributed by atoms with Crippen molar-refractivity contribution in [1.82, 2.24) is 45.4 Å². The number of benzene rings is 1. The van der Waals surface area contributed by atoms with Gasteiger partial charge in [-0.25, -0.2) is 24.5 Å². The van der Waals surface area contributed by atoms with Crippen molar-refractivity contribution >= 4 is 35.2 Å². The minimum Gasteiger partial charge on any atom is -0.453 e. The number of hydrogen-bond donors (Lipinski definition) is 4. The second-order valence-electron chi connectivity index (χ2n) is 14.6. The molecule has 4 N–H and O–H groups in total. The number of hydrogen-bond acceptors (Lipinski definition) is 9. The van der Waals surface area contributed by atoms with Gasteiger partial charge in [-0.2, -0.15) is 0 Å². The number of carbonyl (C=O) groups is 4. The highest BCUT2D eigenvalue weighted by molar-refractivity contribution is 5.87. The number of H-pyrrole nitrogens is 2. The van der Waals surface area contributed by atoms with Crippen LogP contribution < -0.4 is 10.6 Å². The van der Waals surface area contributed by atoms with Gasteiger partial charge < -0.3 is 39.9 Å². The molecule has 5 heterocycles. The van der Waals surface area contributed by atoms with E-state index in [4.69, 9.17) is 19.4 Å². The van der Waals surface area contributed by atoms with Gasteiger partial charge in [0.05, 0.1) is 38.2 Å². The summed E-state index contributed by atoms with van der Waals surface area (Å²) in [6.07, 6.45) is 5.14. The third kappa shape index (κ3) is 8.64. The second-order valence-corrected chi connectivity index (χ2v) is 14.6. The first-order chi connectivity index (χ1) is 27.0. The molecule has 0 radical (unpaired) electrons. The fourth-order valence-electron chi connectivity index (χ4n) is 7.39. The summed E-state index contributed by atoms with van der Waals surface area (Å²) in [4.78, 5) is 75.9. The van der Waals surface area contributed by atoms with Crippen LogP contribution in [0.4, 0.5) is 9.59 Å². The fourth-order valence-corrected chi connectivity index (χ4v) is 7.39. The number of rotatable bonds is 11. The molecule has 3 aromatic heterocycles. The summed E-state index contributed by atoms with van der Waals surface area (Å²) < 4.78 is 9.58. The summed E-state index contributed by atoms with van der Waals surface area (Å²) in [7, 11) is 2.58. The minimum atomic E-state index is -0.699. The maximum Gasteiger partial charge on any atom is 0.407 e. The number of imidazole rings is 2. The van der Waals surface area contributed by atoms with Crippen LogP contribution in [-0.4, -0.2) is 98.1 Å². The molecule has 15 nitrogen and oxygen atoms in total. The second kappa shape index (κ2) is 17.7. The summed E-state index contributed by atoms with van der Waals surface area (Å²) in [5.41, 5.74) is 4.39. The molecule has 6 atom stereocenters. The van der Waals surface area contributed by atoms with E-state index in [0.717, 1.165) is 55.3 Å². The Balaban J connectivity index is 1.12. The molecule has 4 amide bonds. The molecule has 296 valence electrons. The molecule has 0 spiro atoms. The summed E-state index contributed by atoms with van der Waals surface area (Å²) >= 11 is 0. The molecule has 6 rings (SSSR count). The topological polar surface area (TPSA) is 188 Å². The Bertz CT molecular complexity index is 2100. The molecule has 56 heavy (non-hydrogen) atoms. The maximum atomic E-state index is 13.7. The number of amides is 4. The van der Waals surface area contributed by atoms with Crippen molar-refractivity contribution in [1.29, 1.82) is 0 Å². The molecule has 0 saturated carbocycles. The van der Waals surface area contributed by atoms with Crippen LogP contribution in [0.5, 0.6) is 0 Å². The van der Waals surface area contributed by atoms with E-state index in [0.29, 0.717) is 41.6 Å². The highest BCUT2D eigenvalue weighted by atomic mass is 16.5. The number of methoxy groups -OCH3 is 2. The normalized spacial score (nSPS) is 18.8. The largest absolute Gasteiger partial charge is 0.453 e. The number of carbonyl (C=O) groups excluding carboxylic acids is 4. The Kier molecular flexibility index (Phi) is 12.6. The third-order valence-electron chi connectivity index (χ3n) is 11.1. The molecule has 0 bridgehead atoms. The molecular weight excluding hydrogens is 715 g/mol. The highest BCUT2D eigenvalue weighted by Gasteiger charge is 2.39. The van der Waals surface area contributed by atoms with E-state index in [9.17, 15) is 19.2 Å². The van der Waals surface area contributed by atoms with Gasteiger partial charge in [-0.1, -0.05) is 58.6 Å². The molecule has 2 aliphatic heterocycles. The van der Waals surface area contributed by atoms with Gasteiger partial charge in [0.1, 0.15) is 34.9 Å². The molecule has 4 aromatic rings. The molecular formula is C41H51N9O6. The lowest BCUT2D eigenvalue weighted by molar-refractivity contribution is -0.136. The zero-order valence-corrected chi connectivity index (χ0v) is 32.8. The van der Waals surface area contributed by atoms with Crippen LogP contribution in [0.25, 0.3) is 22.4 Å². The summed E-state index contributed by atoms with van der Waals surface area (Å²) in [6.45, 7) is 9.01. The van der Waals surface area contributed by atoms with E-state index in [2.05, 4.69) is 37.4 Å². The van der Waals surface area contributed by atoms with Gasteiger partial charge in [-0.05, 0) is 73.3 Å². The number of pyridine rings is 1. The Labute approximate surface area is 326 Å². The summed E-state index contributed by atoms with van der Waals surface area (Å²) in [5, 5.41) is 5.46. The number of alkyl carbamates (subject to hydrolysis) is 2. The van der Waals surface area contributed by atoms with Gasteiger partial charge in [0.25, 0.3) is 0 Å². The number of likely N-dealkylation sites (tertiary alicyclic amines) is 2. The quantitative estimate of drug-likeness (QED) is 0.141. The SMILES string of the molecule is CC[C@H](C)[C@H](NC(=O)OC)C(=O)N1CCC[C@H]1c1ncc(-c2ccc(C#Cc3ccc4nc([C@@H]5CCCN5C(=O)[C@@H](NC(=O)OC)[C@@H](C)CC)[nH]c4n3)cc2)[nH]1. The fraction of sp³-hybridized carbons (Fsp3) is 0.488. The molecule has 0 unspecified atom stereocenters. The van der Waals surface area contributed by atoms with Crippen molar-refractivity contribution in [2.24, 2.45) is 11.8 Å². The number of aromatic nitrogens is 5.